The number of para-hydroxylation sites is 2. The highest BCUT2D eigenvalue weighted by Gasteiger charge is 2.23. The molecule has 8 heteroatoms. The van der Waals surface area contributed by atoms with E-state index in [2.05, 4.69) is 17.1 Å². The molecule has 0 spiro atoms. The average molecular weight is 467 g/mol. The number of imidazole rings is 1. The summed E-state index contributed by atoms with van der Waals surface area (Å²) < 4.78 is 14.3. The first kappa shape index (κ1) is 24.0. The Balaban J connectivity index is 1.43. The third kappa shape index (κ3) is 5.34. The van der Waals surface area contributed by atoms with Crippen LogP contribution in [-0.4, -0.2) is 59.9 Å². The van der Waals surface area contributed by atoms with Gasteiger partial charge in [0.25, 0.3) is 0 Å². The molecule has 0 aliphatic carbocycles. The normalized spacial score (nSPS) is 15.4. The summed E-state index contributed by atoms with van der Waals surface area (Å²) in [6.07, 6.45) is 1.13. The number of carbonyl (C=O) groups is 1. The first-order valence-corrected chi connectivity index (χ1v) is 12.0. The predicted molar refractivity (Wildman–Crippen MR) is 132 cm³/mol. The van der Waals surface area contributed by atoms with Gasteiger partial charge in [0, 0.05) is 39.1 Å². The molecule has 34 heavy (non-hydrogen) atoms. The quantitative estimate of drug-likeness (QED) is 0.497. The van der Waals surface area contributed by atoms with Gasteiger partial charge in [0.15, 0.2) is 0 Å². The highest BCUT2D eigenvalue weighted by molar-refractivity contribution is 5.78. The molecule has 182 valence electrons. The predicted octanol–water partition coefficient (Wildman–Crippen LogP) is 2.80. The van der Waals surface area contributed by atoms with Crippen LogP contribution in [0.15, 0.2) is 53.3 Å². The minimum atomic E-state index is -0.0639. The van der Waals surface area contributed by atoms with E-state index in [0.29, 0.717) is 32.8 Å². The third-order valence-electron chi connectivity index (χ3n) is 6.41. The van der Waals surface area contributed by atoms with Crippen LogP contribution in [-0.2, 0) is 22.6 Å². The van der Waals surface area contributed by atoms with E-state index in [9.17, 15) is 9.59 Å². The summed E-state index contributed by atoms with van der Waals surface area (Å²) in [5.41, 5.74) is 2.86. The molecule has 1 aliphatic rings. The van der Waals surface area contributed by atoms with Gasteiger partial charge in [0.1, 0.15) is 5.75 Å². The fourth-order valence-electron chi connectivity index (χ4n) is 4.61. The molecule has 0 bridgehead atoms. The van der Waals surface area contributed by atoms with Crippen LogP contribution in [0.4, 0.5) is 0 Å². The van der Waals surface area contributed by atoms with Crippen molar-refractivity contribution in [1.29, 1.82) is 0 Å². The molecule has 2 heterocycles. The SMILES string of the molecule is CCCn1c(=O)n(CCC(=O)NCC(c2ccc(OC)cc2)N2CCOCC2)c2ccccc21. The number of rotatable bonds is 10. The molecule has 0 radical (unpaired) electrons. The number of aryl methyl sites for hydroxylation is 2. The number of hydrogen-bond acceptors (Lipinski definition) is 5. The second-order valence-electron chi connectivity index (χ2n) is 8.57. The molecule has 1 unspecified atom stereocenters. The van der Waals surface area contributed by atoms with Crippen LogP contribution in [0.3, 0.4) is 0 Å². The molecule has 3 aromatic rings. The minimum absolute atomic E-state index is 0.0490. The number of amides is 1. The lowest BCUT2D eigenvalue weighted by Gasteiger charge is -2.35. The summed E-state index contributed by atoms with van der Waals surface area (Å²) in [4.78, 5) is 28.1. The van der Waals surface area contributed by atoms with Gasteiger partial charge in [0.05, 0.1) is 37.4 Å². The second kappa shape index (κ2) is 11.4. The molecule has 8 nitrogen and oxygen atoms in total. The zero-order chi connectivity index (χ0) is 23.9. The number of aromatic nitrogens is 2. The summed E-state index contributed by atoms with van der Waals surface area (Å²) >= 11 is 0. The smallest absolute Gasteiger partial charge is 0.329 e. The molecule has 4 rings (SSSR count). The number of hydrogen-bond donors (Lipinski definition) is 1. The van der Waals surface area contributed by atoms with E-state index in [0.717, 1.165) is 41.9 Å². The Labute approximate surface area is 200 Å². The van der Waals surface area contributed by atoms with Crippen LogP contribution < -0.4 is 15.7 Å². The molecule has 1 atom stereocenters. The largest absolute Gasteiger partial charge is 0.497 e. The number of nitrogens with zero attached hydrogens (tertiary/aromatic N) is 3. The Hall–Kier alpha value is -3.10. The minimum Gasteiger partial charge on any atom is -0.497 e. The monoisotopic (exact) mass is 466 g/mol. The number of carbonyl (C=O) groups excluding carboxylic acids is 1. The molecule has 1 aromatic heterocycles. The van der Waals surface area contributed by atoms with Crippen LogP contribution in [0.2, 0.25) is 0 Å². The van der Waals surface area contributed by atoms with Crippen molar-refractivity contribution < 1.29 is 14.3 Å². The lowest BCUT2D eigenvalue weighted by molar-refractivity contribution is -0.121. The fraction of sp³-hybridized carbons (Fsp3) is 0.462. The maximum Gasteiger partial charge on any atom is 0.329 e. The van der Waals surface area contributed by atoms with Gasteiger partial charge in [-0.25, -0.2) is 4.79 Å². The fourth-order valence-corrected chi connectivity index (χ4v) is 4.61. The Morgan fingerprint density at radius 1 is 1.03 bits per heavy atom. The Bertz CT molecular complexity index is 1150. The van der Waals surface area contributed by atoms with Gasteiger partial charge < -0.3 is 14.8 Å². The van der Waals surface area contributed by atoms with Gasteiger partial charge >= 0.3 is 5.69 Å². The summed E-state index contributed by atoms with van der Waals surface area (Å²) in [5.74, 6) is 0.743. The number of morpholine rings is 1. The Morgan fingerprint density at radius 3 is 2.29 bits per heavy atom. The average Bonchev–Trinajstić information content (AvgIpc) is 3.14. The van der Waals surface area contributed by atoms with Crippen LogP contribution in [0.1, 0.15) is 31.4 Å². The van der Waals surface area contributed by atoms with E-state index in [1.165, 1.54) is 0 Å². The van der Waals surface area contributed by atoms with Crippen LogP contribution in [0.25, 0.3) is 11.0 Å². The topological polar surface area (TPSA) is 77.7 Å². The van der Waals surface area contributed by atoms with Crippen molar-refractivity contribution >= 4 is 16.9 Å². The van der Waals surface area contributed by atoms with Crippen LogP contribution >= 0.6 is 0 Å². The molecule has 1 amide bonds. The van der Waals surface area contributed by atoms with Crippen molar-refractivity contribution in [1.82, 2.24) is 19.4 Å². The lowest BCUT2D eigenvalue weighted by Crippen LogP contribution is -2.44. The van der Waals surface area contributed by atoms with E-state index >= 15 is 0 Å². The van der Waals surface area contributed by atoms with Gasteiger partial charge in [-0.15, -0.1) is 0 Å². The highest BCUT2D eigenvalue weighted by Crippen LogP contribution is 2.24. The van der Waals surface area contributed by atoms with E-state index in [1.54, 1.807) is 16.2 Å². The molecule has 1 aliphatic heterocycles. The zero-order valence-corrected chi connectivity index (χ0v) is 20.0. The van der Waals surface area contributed by atoms with E-state index in [-0.39, 0.29) is 24.1 Å². The van der Waals surface area contributed by atoms with Crippen LogP contribution in [0, 0.1) is 0 Å². The number of ether oxygens (including phenoxy) is 2. The van der Waals surface area contributed by atoms with Crippen molar-refractivity contribution in [2.45, 2.75) is 38.9 Å². The Kier molecular flexibility index (Phi) is 8.03. The van der Waals surface area contributed by atoms with E-state index in [1.807, 2.05) is 48.5 Å². The molecule has 0 saturated carbocycles. The van der Waals surface area contributed by atoms with Gasteiger partial charge in [-0.1, -0.05) is 31.2 Å². The lowest BCUT2D eigenvalue weighted by atomic mass is 10.0. The molecular formula is C26H34N4O4. The first-order valence-electron chi connectivity index (χ1n) is 12.0. The Morgan fingerprint density at radius 2 is 1.68 bits per heavy atom. The molecular weight excluding hydrogens is 432 g/mol. The highest BCUT2D eigenvalue weighted by atomic mass is 16.5. The second-order valence-corrected chi connectivity index (χ2v) is 8.57. The van der Waals surface area contributed by atoms with E-state index < -0.39 is 0 Å². The third-order valence-corrected chi connectivity index (χ3v) is 6.41. The van der Waals surface area contributed by atoms with Gasteiger partial charge in [-0.05, 0) is 36.2 Å². The summed E-state index contributed by atoms with van der Waals surface area (Å²) in [6, 6.07) is 15.8. The first-order chi connectivity index (χ1) is 16.6. The summed E-state index contributed by atoms with van der Waals surface area (Å²) in [5, 5.41) is 3.10. The van der Waals surface area contributed by atoms with Gasteiger partial charge in [-0.2, -0.15) is 0 Å². The van der Waals surface area contributed by atoms with Crippen molar-refractivity contribution in [3.8, 4) is 5.75 Å². The van der Waals surface area contributed by atoms with Crippen molar-refractivity contribution in [2.24, 2.45) is 0 Å². The number of fused-ring (bicyclic) bond motifs is 1. The number of nitrogens with one attached hydrogen (secondary N) is 1. The maximum absolute atomic E-state index is 13.0. The van der Waals surface area contributed by atoms with Gasteiger partial charge in [-0.3, -0.25) is 18.8 Å². The maximum atomic E-state index is 13.0. The van der Waals surface area contributed by atoms with E-state index in [4.69, 9.17) is 9.47 Å². The molecule has 1 saturated heterocycles. The summed E-state index contributed by atoms with van der Waals surface area (Å²) in [6.45, 7) is 6.58. The van der Waals surface area contributed by atoms with Crippen molar-refractivity contribution in [2.75, 3.05) is 40.0 Å². The zero-order valence-electron chi connectivity index (χ0n) is 20.0. The number of benzene rings is 2. The molecule has 2 aromatic carbocycles. The van der Waals surface area contributed by atoms with Crippen LogP contribution in [0.5, 0.6) is 5.75 Å². The summed E-state index contributed by atoms with van der Waals surface area (Å²) in [7, 11) is 1.65. The standard InChI is InChI=1S/C26H34N4O4/c1-3-13-29-22-6-4-5-7-23(22)30(26(29)32)14-12-25(31)27-19-24(28-15-17-34-18-16-28)20-8-10-21(33-2)11-9-20/h4-11,24H,3,12-19H2,1-2H3,(H,27,31). The number of methoxy groups -OCH3 is 1. The molecule has 1 N–H and O–H groups in total. The molecule has 1 fully saturated rings. The van der Waals surface area contributed by atoms with Crippen molar-refractivity contribution in [3.05, 3.63) is 64.6 Å². The van der Waals surface area contributed by atoms with Crippen molar-refractivity contribution in [3.63, 3.8) is 0 Å². The van der Waals surface area contributed by atoms with Gasteiger partial charge in [0.2, 0.25) is 5.91 Å².